The second-order valence-corrected chi connectivity index (χ2v) is 4.25. The van der Waals surface area contributed by atoms with Crippen LogP contribution in [0.4, 0.5) is 0 Å². The van der Waals surface area contributed by atoms with E-state index in [9.17, 15) is 5.11 Å². The van der Waals surface area contributed by atoms with Gasteiger partial charge in [0.15, 0.2) is 0 Å². The SMILES string of the molecule is C=O.CC(C)(C)c1ccc(O)c(CO)c1. The zero-order chi connectivity index (χ0) is 12.1. The Bertz CT molecular complexity index is 313. The lowest BCUT2D eigenvalue weighted by atomic mass is 9.86. The number of rotatable bonds is 1. The highest BCUT2D eigenvalue weighted by Crippen LogP contribution is 2.27. The van der Waals surface area contributed by atoms with Crippen LogP contribution in [0.5, 0.6) is 5.75 Å². The van der Waals surface area contributed by atoms with Crippen molar-refractivity contribution in [1.29, 1.82) is 0 Å². The van der Waals surface area contributed by atoms with Crippen molar-refractivity contribution < 1.29 is 15.0 Å². The lowest BCUT2D eigenvalue weighted by Gasteiger charge is -2.19. The lowest BCUT2D eigenvalue weighted by molar-refractivity contribution is -0.0979. The van der Waals surface area contributed by atoms with Gasteiger partial charge in [-0.1, -0.05) is 26.8 Å². The molecule has 2 N–H and O–H groups in total. The maximum Gasteiger partial charge on any atom is 0.121 e. The van der Waals surface area contributed by atoms with Gasteiger partial charge in [0.25, 0.3) is 0 Å². The molecule has 0 unspecified atom stereocenters. The molecular weight excluding hydrogens is 192 g/mol. The smallest absolute Gasteiger partial charge is 0.121 e. The highest BCUT2D eigenvalue weighted by molar-refractivity contribution is 5.38. The topological polar surface area (TPSA) is 57.5 Å². The predicted octanol–water partition coefficient (Wildman–Crippen LogP) is 2.00. The molecule has 1 rings (SSSR count). The summed E-state index contributed by atoms with van der Waals surface area (Å²) in [6, 6.07) is 5.36. The molecule has 0 fully saturated rings. The van der Waals surface area contributed by atoms with Crippen LogP contribution in [0.25, 0.3) is 0 Å². The van der Waals surface area contributed by atoms with Crippen LogP contribution >= 0.6 is 0 Å². The number of carbonyl (C=O) groups excluding carboxylic acids is 1. The summed E-state index contributed by atoms with van der Waals surface area (Å²) in [4.78, 5) is 8.00. The summed E-state index contributed by atoms with van der Waals surface area (Å²) in [5.74, 6) is 0.163. The van der Waals surface area contributed by atoms with Crippen LogP contribution < -0.4 is 0 Å². The summed E-state index contributed by atoms with van der Waals surface area (Å²) in [5, 5.41) is 18.3. The molecule has 15 heavy (non-hydrogen) atoms. The number of aliphatic hydroxyl groups is 1. The molecule has 0 atom stereocenters. The van der Waals surface area contributed by atoms with Crippen LogP contribution in [0.15, 0.2) is 18.2 Å². The molecule has 0 saturated carbocycles. The first kappa shape index (κ1) is 13.7. The molecule has 0 aromatic heterocycles. The first-order chi connectivity index (χ1) is 6.95. The summed E-state index contributed by atoms with van der Waals surface area (Å²) in [5.41, 5.74) is 1.76. The Kier molecular flexibility index (Phi) is 5.02. The van der Waals surface area contributed by atoms with E-state index in [1.54, 1.807) is 6.07 Å². The average Bonchev–Trinajstić information content (AvgIpc) is 2.20. The lowest BCUT2D eigenvalue weighted by Crippen LogP contribution is -2.11. The number of phenols is 1. The van der Waals surface area contributed by atoms with Crippen LogP contribution in [0, 0.1) is 0 Å². The molecule has 0 aliphatic heterocycles. The van der Waals surface area contributed by atoms with Gasteiger partial charge in [-0.3, -0.25) is 0 Å². The van der Waals surface area contributed by atoms with Crippen molar-refractivity contribution in [3.63, 3.8) is 0 Å². The molecule has 3 nitrogen and oxygen atoms in total. The molecule has 0 radical (unpaired) electrons. The molecular formula is C12H18O3. The van der Waals surface area contributed by atoms with Gasteiger partial charge in [-0.05, 0) is 23.1 Å². The van der Waals surface area contributed by atoms with Crippen LogP contribution in [0.3, 0.4) is 0 Å². The van der Waals surface area contributed by atoms with Gasteiger partial charge in [-0.25, -0.2) is 0 Å². The second-order valence-electron chi connectivity index (χ2n) is 4.25. The maximum atomic E-state index is 9.34. The Balaban J connectivity index is 0.000000921. The van der Waals surface area contributed by atoms with E-state index in [0.717, 1.165) is 5.56 Å². The summed E-state index contributed by atoms with van der Waals surface area (Å²) in [6.45, 7) is 8.18. The minimum atomic E-state index is -0.115. The van der Waals surface area contributed by atoms with Crippen molar-refractivity contribution in [3.05, 3.63) is 29.3 Å². The van der Waals surface area contributed by atoms with Gasteiger partial charge in [0, 0.05) is 5.56 Å². The molecule has 0 bridgehead atoms. The highest BCUT2D eigenvalue weighted by Gasteiger charge is 2.14. The number of carbonyl (C=O) groups is 1. The zero-order valence-electron chi connectivity index (χ0n) is 9.45. The summed E-state index contributed by atoms with van der Waals surface area (Å²) >= 11 is 0. The van der Waals surface area contributed by atoms with E-state index in [4.69, 9.17) is 9.90 Å². The van der Waals surface area contributed by atoms with Crippen molar-refractivity contribution in [1.82, 2.24) is 0 Å². The van der Waals surface area contributed by atoms with Crippen LogP contribution in [-0.4, -0.2) is 17.0 Å². The summed E-state index contributed by atoms with van der Waals surface area (Å²) in [7, 11) is 0. The molecule has 1 aromatic carbocycles. The minimum absolute atomic E-state index is 0.0532. The quantitative estimate of drug-likeness (QED) is 0.745. The van der Waals surface area contributed by atoms with E-state index >= 15 is 0 Å². The molecule has 0 spiro atoms. The third kappa shape index (κ3) is 3.72. The van der Waals surface area contributed by atoms with Crippen molar-refractivity contribution in [2.45, 2.75) is 32.8 Å². The van der Waals surface area contributed by atoms with E-state index in [-0.39, 0.29) is 17.8 Å². The van der Waals surface area contributed by atoms with Gasteiger partial charge in [0.1, 0.15) is 12.5 Å². The first-order valence-electron chi connectivity index (χ1n) is 4.67. The molecule has 0 heterocycles. The molecule has 84 valence electrons. The fourth-order valence-electron chi connectivity index (χ4n) is 1.18. The van der Waals surface area contributed by atoms with Gasteiger partial charge in [0.2, 0.25) is 0 Å². The minimum Gasteiger partial charge on any atom is -0.508 e. The Morgan fingerprint density at radius 2 is 1.80 bits per heavy atom. The number of aromatic hydroxyl groups is 1. The molecule has 3 heteroatoms. The largest absolute Gasteiger partial charge is 0.508 e. The van der Waals surface area contributed by atoms with E-state index in [2.05, 4.69) is 20.8 Å². The van der Waals surface area contributed by atoms with Crippen molar-refractivity contribution >= 4 is 6.79 Å². The van der Waals surface area contributed by atoms with E-state index in [0.29, 0.717) is 5.56 Å². The van der Waals surface area contributed by atoms with Crippen LogP contribution in [0.2, 0.25) is 0 Å². The van der Waals surface area contributed by atoms with E-state index in [1.165, 1.54) is 0 Å². The first-order valence-corrected chi connectivity index (χ1v) is 4.67. The number of hydrogen-bond acceptors (Lipinski definition) is 3. The highest BCUT2D eigenvalue weighted by atomic mass is 16.3. The molecule has 0 aliphatic rings. The van der Waals surface area contributed by atoms with Crippen LogP contribution in [0.1, 0.15) is 31.9 Å². The number of benzene rings is 1. The van der Waals surface area contributed by atoms with Crippen molar-refractivity contribution in [2.75, 3.05) is 0 Å². The summed E-state index contributed by atoms with van der Waals surface area (Å²) in [6.07, 6.45) is 0. The van der Waals surface area contributed by atoms with Gasteiger partial charge in [-0.2, -0.15) is 0 Å². The predicted molar refractivity (Wildman–Crippen MR) is 59.9 cm³/mol. The third-order valence-electron chi connectivity index (χ3n) is 2.12. The van der Waals surface area contributed by atoms with Crippen molar-refractivity contribution in [3.8, 4) is 5.75 Å². The Labute approximate surface area is 90.4 Å². The van der Waals surface area contributed by atoms with E-state index < -0.39 is 0 Å². The van der Waals surface area contributed by atoms with Crippen LogP contribution in [-0.2, 0) is 16.8 Å². The Morgan fingerprint density at radius 1 is 1.27 bits per heavy atom. The van der Waals surface area contributed by atoms with Gasteiger partial charge in [-0.15, -0.1) is 0 Å². The van der Waals surface area contributed by atoms with Gasteiger partial charge in [0.05, 0.1) is 6.61 Å². The number of aliphatic hydroxyl groups excluding tert-OH is 1. The Hall–Kier alpha value is -1.35. The molecule has 0 amide bonds. The van der Waals surface area contributed by atoms with Gasteiger partial charge < -0.3 is 15.0 Å². The summed E-state index contributed by atoms with van der Waals surface area (Å²) < 4.78 is 0. The zero-order valence-corrected chi connectivity index (χ0v) is 9.45. The molecule has 0 saturated heterocycles. The fraction of sp³-hybridized carbons (Fsp3) is 0.417. The monoisotopic (exact) mass is 210 g/mol. The van der Waals surface area contributed by atoms with Gasteiger partial charge >= 0.3 is 0 Å². The Morgan fingerprint density at radius 3 is 2.20 bits per heavy atom. The molecule has 0 aliphatic carbocycles. The molecule has 1 aromatic rings. The fourth-order valence-corrected chi connectivity index (χ4v) is 1.18. The standard InChI is InChI=1S/C11H16O2.CH2O/c1-11(2,3)9-4-5-10(13)8(6-9)7-12;1-2/h4-6,12-13H,7H2,1-3H3;1H2. The maximum absolute atomic E-state index is 9.34. The van der Waals surface area contributed by atoms with E-state index in [1.807, 2.05) is 18.9 Å². The van der Waals surface area contributed by atoms with Crippen molar-refractivity contribution in [2.24, 2.45) is 0 Å². The third-order valence-corrected chi connectivity index (χ3v) is 2.12. The second kappa shape index (κ2) is 5.51. The number of hydrogen-bond donors (Lipinski definition) is 2. The normalized spacial score (nSPS) is 10.4. The average molecular weight is 210 g/mol.